The van der Waals surface area contributed by atoms with Gasteiger partial charge in [-0.15, -0.1) is 0 Å². The van der Waals surface area contributed by atoms with E-state index < -0.39 is 5.91 Å². The minimum atomic E-state index is -0.574. The molecule has 0 bridgehead atoms. The van der Waals surface area contributed by atoms with E-state index in [0.29, 0.717) is 16.9 Å². The van der Waals surface area contributed by atoms with Gasteiger partial charge in [0.25, 0.3) is 5.91 Å². The molecule has 5 nitrogen and oxygen atoms in total. The fraction of sp³-hybridized carbons (Fsp3) is 0. The number of hydrogen-bond donors (Lipinski definition) is 1. The van der Waals surface area contributed by atoms with Crippen molar-refractivity contribution in [1.29, 1.82) is 0 Å². The third-order valence-electron chi connectivity index (χ3n) is 3.06. The summed E-state index contributed by atoms with van der Waals surface area (Å²) in [6.45, 7) is 0. The van der Waals surface area contributed by atoms with Crippen molar-refractivity contribution in [2.45, 2.75) is 0 Å². The van der Waals surface area contributed by atoms with Crippen LogP contribution in [0.15, 0.2) is 55.0 Å². The van der Waals surface area contributed by atoms with Gasteiger partial charge in [0.2, 0.25) is 0 Å². The zero-order chi connectivity index (χ0) is 14.8. The Labute approximate surface area is 119 Å². The monoisotopic (exact) mass is 282 g/mol. The molecule has 0 aliphatic heterocycles. The Morgan fingerprint density at radius 3 is 2.38 bits per heavy atom. The third kappa shape index (κ3) is 2.38. The highest BCUT2D eigenvalue weighted by molar-refractivity contribution is 5.99. The van der Waals surface area contributed by atoms with Crippen LogP contribution in [-0.4, -0.2) is 20.7 Å². The average molecular weight is 282 g/mol. The van der Waals surface area contributed by atoms with Crippen LogP contribution in [0.25, 0.3) is 16.9 Å². The average Bonchev–Trinajstić information content (AvgIpc) is 2.94. The van der Waals surface area contributed by atoms with Crippen LogP contribution in [0.4, 0.5) is 4.39 Å². The molecule has 1 aromatic carbocycles. The van der Waals surface area contributed by atoms with Gasteiger partial charge in [0, 0.05) is 18.0 Å². The van der Waals surface area contributed by atoms with Crippen LogP contribution < -0.4 is 5.73 Å². The molecule has 0 radical (unpaired) electrons. The summed E-state index contributed by atoms with van der Waals surface area (Å²) < 4.78 is 14.6. The molecule has 0 atom stereocenters. The molecule has 0 aliphatic rings. The second kappa shape index (κ2) is 5.16. The lowest BCUT2D eigenvalue weighted by atomic mass is 10.1. The third-order valence-corrected chi connectivity index (χ3v) is 3.06. The van der Waals surface area contributed by atoms with E-state index in [9.17, 15) is 9.18 Å². The molecule has 0 saturated heterocycles. The number of benzene rings is 1. The van der Waals surface area contributed by atoms with E-state index in [1.807, 2.05) is 0 Å². The largest absolute Gasteiger partial charge is 0.365 e. The molecule has 0 aliphatic carbocycles. The van der Waals surface area contributed by atoms with Crippen molar-refractivity contribution in [1.82, 2.24) is 14.8 Å². The van der Waals surface area contributed by atoms with Crippen molar-refractivity contribution in [3.63, 3.8) is 0 Å². The number of carbonyl (C=O) groups excluding carboxylic acids is 1. The molecule has 104 valence electrons. The van der Waals surface area contributed by atoms with Crippen LogP contribution in [0.2, 0.25) is 0 Å². The summed E-state index contributed by atoms with van der Waals surface area (Å²) in [5.41, 5.74) is 7.63. The first-order valence-corrected chi connectivity index (χ1v) is 6.21. The minimum Gasteiger partial charge on any atom is -0.365 e. The maximum atomic E-state index is 13.0. The normalized spacial score (nSPS) is 10.5. The highest BCUT2D eigenvalue weighted by Gasteiger charge is 2.17. The zero-order valence-corrected chi connectivity index (χ0v) is 10.9. The maximum Gasteiger partial charge on any atom is 0.252 e. The first-order valence-electron chi connectivity index (χ1n) is 6.21. The van der Waals surface area contributed by atoms with E-state index >= 15 is 0 Å². The molecule has 2 aromatic heterocycles. The number of amides is 1. The van der Waals surface area contributed by atoms with Gasteiger partial charge in [-0.25, -0.2) is 9.07 Å². The molecule has 21 heavy (non-hydrogen) atoms. The van der Waals surface area contributed by atoms with E-state index in [2.05, 4.69) is 10.1 Å². The zero-order valence-electron chi connectivity index (χ0n) is 10.9. The first kappa shape index (κ1) is 13.0. The number of nitrogens with two attached hydrogens (primary N) is 1. The van der Waals surface area contributed by atoms with Crippen molar-refractivity contribution in [2.24, 2.45) is 5.73 Å². The van der Waals surface area contributed by atoms with E-state index in [1.165, 1.54) is 18.3 Å². The molecule has 0 saturated carbocycles. The van der Waals surface area contributed by atoms with Crippen molar-refractivity contribution >= 4 is 5.91 Å². The van der Waals surface area contributed by atoms with Gasteiger partial charge in [0.15, 0.2) is 0 Å². The molecular formula is C15H11FN4O. The van der Waals surface area contributed by atoms with Gasteiger partial charge < -0.3 is 5.73 Å². The Kier molecular flexibility index (Phi) is 3.19. The van der Waals surface area contributed by atoms with Gasteiger partial charge in [0.1, 0.15) is 5.82 Å². The van der Waals surface area contributed by atoms with Gasteiger partial charge >= 0.3 is 0 Å². The second-order valence-electron chi connectivity index (χ2n) is 4.40. The standard InChI is InChI=1S/C15H11FN4O/c16-11-1-3-12(4-2-11)20-14(10-5-7-18-8-6-10)13(9-19-20)15(17)21/h1-9H,(H2,17,21). The van der Waals surface area contributed by atoms with Crippen LogP contribution >= 0.6 is 0 Å². The van der Waals surface area contributed by atoms with Crippen LogP contribution in [0.1, 0.15) is 10.4 Å². The molecule has 1 amide bonds. The fourth-order valence-corrected chi connectivity index (χ4v) is 2.09. The lowest BCUT2D eigenvalue weighted by Gasteiger charge is -2.09. The topological polar surface area (TPSA) is 73.8 Å². The van der Waals surface area contributed by atoms with Crippen molar-refractivity contribution in [3.05, 3.63) is 66.4 Å². The number of hydrogen-bond acceptors (Lipinski definition) is 3. The highest BCUT2D eigenvalue weighted by Crippen LogP contribution is 2.26. The smallest absolute Gasteiger partial charge is 0.252 e. The summed E-state index contributed by atoms with van der Waals surface area (Å²) in [6, 6.07) is 9.33. The van der Waals surface area contributed by atoms with E-state index in [0.717, 1.165) is 5.56 Å². The van der Waals surface area contributed by atoms with Gasteiger partial charge in [-0.2, -0.15) is 5.10 Å². The summed E-state index contributed by atoms with van der Waals surface area (Å²) >= 11 is 0. The van der Waals surface area contributed by atoms with Crippen molar-refractivity contribution < 1.29 is 9.18 Å². The number of primary amides is 1. The predicted octanol–water partition coefficient (Wildman–Crippen LogP) is 2.17. The summed E-state index contributed by atoms with van der Waals surface area (Å²) in [5.74, 6) is -0.915. The first-order chi connectivity index (χ1) is 10.2. The van der Waals surface area contributed by atoms with Gasteiger partial charge in [-0.3, -0.25) is 9.78 Å². The molecule has 0 fully saturated rings. The minimum absolute atomic E-state index is 0.297. The maximum absolute atomic E-state index is 13.0. The molecule has 0 unspecified atom stereocenters. The number of carbonyl (C=O) groups is 1. The molecule has 2 heterocycles. The number of pyridine rings is 1. The highest BCUT2D eigenvalue weighted by atomic mass is 19.1. The Bertz CT molecular complexity index is 781. The predicted molar refractivity (Wildman–Crippen MR) is 75.3 cm³/mol. The number of nitrogens with zero attached hydrogens (tertiary/aromatic N) is 3. The molecule has 6 heteroatoms. The Morgan fingerprint density at radius 2 is 1.76 bits per heavy atom. The molecular weight excluding hydrogens is 271 g/mol. The Balaban J connectivity index is 2.22. The van der Waals surface area contributed by atoms with Crippen molar-refractivity contribution in [2.75, 3.05) is 0 Å². The summed E-state index contributed by atoms with van der Waals surface area (Å²) in [5, 5.41) is 4.19. The molecule has 3 aromatic rings. The molecule has 3 rings (SSSR count). The fourth-order valence-electron chi connectivity index (χ4n) is 2.09. The van der Waals surface area contributed by atoms with Gasteiger partial charge in [0.05, 0.1) is 23.1 Å². The van der Waals surface area contributed by atoms with Crippen LogP contribution in [0.3, 0.4) is 0 Å². The Hall–Kier alpha value is -3.02. The summed E-state index contributed by atoms with van der Waals surface area (Å²) in [6.07, 6.45) is 4.63. The number of rotatable bonds is 3. The lowest BCUT2D eigenvalue weighted by Crippen LogP contribution is -2.12. The van der Waals surface area contributed by atoms with Gasteiger partial charge in [-0.05, 0) is 36.4 Å². The summed E-state index contributed by atoms with van der Waals surface area (Å²) in [7, 11) is 0. The van der Waals surface area contributed by atoms with Crippen LogP contribution in [-0.2, 0) is 0 Å². The Morgan fingerprint density at radius 1 is 1.10 bits per heavy atom. The molecule has 2 N–H and O–H groups in total. The second-order valence-corrected chi connectivity index (χ2v) is 4.40. The SMILES string of the molecule is NC(=O)c1cnn(-c2ccc(F)cc2)c1-c1ccncc1. The molecule has 0 spiro atoms. The summed E-state index contributed by atoms with van der Waals surface area (Å²) in [4.78, 5) is 15.5. The van der Waals surface area contributed by atoms with E-state index in [4.69, 9.17) is 5.73 Å². The van der Waals surface area contributed by atoms with Crippen LogP contribution in [0, 0.1) is 5.82 Å². The number of halogens is 1. The van der Waals surface area contributed by atoms with E-state index in [1.54, 1.807) is 41.3 Å². The van der Waals surface area contributed by atoms with E-state index in [-0.39, 0.29) is 5.82 Å². The number of aromatic nitrogens is 3. The van der Waals surface area contributed by atoms with Crippen molar-refractivity contribution in [3.8, 4) is 16.9 Å². The quantitative estimate of drug-likeness (QED) is 0.800. The van der Waals surface area contributed by atoms with Gasteiger partial charge in [-0.1, -0.05) is 0 Å². The lowest BCUT2D eigenvalue weighted by molar-refractivity contribution is 0.100. The van der Waals surface area contributed by atoms with Crippen LogP contribution in [0.5, 0.6) is 0 Å².